The van der Waals surface area contributed by atoms with E-state index in [4.69, 9.17) is 4.74 Å². The first-order valence-electron chi connectivity index (χ1n) is 9.51. The SMILES string of the molecule is CCNCc1cc2cc3c(cc2n1C)OC(=O)C(C)C1=C3N(O)C(C(=O)O)C=C1. The van der Waals surface area contributed by atoms with Crippen LogP contribution in [-0.4, -0.2) is 44.5 Å². The molecule has 0 amide bonds. The third kappa shape index (κ3) is 3.01. The second-order valence-electron chi connectivity index (χ2n) is 7.32. The molecule has 0 spiro atoms. The third-order valence-electron chi connectivity index (χ3n) is 5.56. The van der Waals surface area contributed by atoms with E-state index in [1.165, 1.54) is 6.08 Å². The van der Waals surface area contributed by atoms with Crippen molar-refractivity contribution in [1.29, 1.82) is 0 Å². The fourth-order valence-corrected chi connectivity index (χ4v) is 3.88. The summed E-state index contributed by atoms with van der Waals surface area (Å²) in [4.78, 5) is 24.2. The zero-order chi connectivity index (χ0) is 20.9. The lowest BCUT2D eigenvalue weighted by atomic mass is 9.92. The van der Waals surface area contributed by atoms with Gasteiger partial charge in [0, 0.05) is 36.3 Å². The molecule has 29 heavy (non-hydrogen) atoms. The van der Waals surface area contributed by atoms with Crippen LogP contribution in [0.3, 0.4) is 0 Å². The van der Waals surface area contributed by atoms with Gasteiger partial charge in [0.05, 0.1) is 17.1 Å². The Kier molecular flexibility index (Phi) is 4.68. The smallest absolute Gasteiger partial charge is 0.332 e. The Bertz CT molecular complexity index is 1080. The Morgan fingerprint density at radius 2 is 2.07 bits per heavy atom. The number of carboxylic acid groups (broad SMARTS) is 1. The molecule has 2 atom stereocenters. The highest BCUT2D eigenvalue weighted by molar-refractivity contribution is 5.95. The van der Waals surface area contributed by atoms with Crippen LogP contribution in [0, 0.1) is 5.92 Å². The Morgan fingerprint density at radius 1 is 1.31 bits per heavy atom. The van der Waals surface area contributed by atoms with Crippen molar-refractivity contribution in [2.24, 2.45) is 13.0 Å². The van der Waals surface area contributed by atoms with Gasteiger partial charge in [-0.15, -0.1) is 0 Å². The molecule has 0 bridgehead atoms. The molecule has 2 unspecified atom stereocenters. The van der Waals surface area contributed by atoms with E-state index in [0.29, 0.717) is 28.5 Å². The van der Waals surface area contributed by atoms with Crippen molar-refractivity contribution in [3.8, 4) is 5.75 Å². The summed E-state index contributed by atoms with van der Waals surface area (Å²) in [5.41, 5.74) is 3.24. The molecular weight excluding hydrogens is 374 g/mol. The number of esters is 1. The minimum Gasteiger partial charge on any atom is -0.479 e. The predicted octanol–water partition coefficient (Wildman–Crippen LogP) is 2.27. The first-order chi connectivity index (χ1) is 13.8. The summed E-state index contributed by atoms with van der Waals surface area (Å²) in [6, 6.07) is 4.40. The maximum absolute atomic E-state index is 12.6. The number of carboxylic acids is 1. The predicted molar refractivity (Wildman–Crippen MR) is 106 cm³/mol. The molecule has 1 aromatic heterocycles. The number of carbonyl (C=O) groups is 2. The zero-order valence-corrected chi connectivity index (χ0v) is 16.5. The fraction of sp³-hybridized carbons (Fsp3) is 0.333. The molecule has 2 aromatic rings. The summed E-state index contributed by atoms with van der Waals surface area (Å²) in [7, 11) is 1.94. The first kappa shape index (κ1) is 19.2. The van der Waals surface area contributed by atoms with Gasteiger partial charge in [-0.1, -0.05) is 13.0 Å². The topological polar surface area (TPSA) is 104 Å². The molecule has 0 saturated heterocycles. The van der Waals surface area contributed by atoms with Crippen LogP contribution in [0.5, 0.6) is 5.75 Å². The van der Waals surface area contributed by atoms with E-state index in [2.05, 4.69) is 5.32 Å². The average Bonchev–Trinajstić information content (AvgIpc) is 2.94. The van der Waals surface area contributed by atoms with Gasteiger partial charge < -0.3 is 19.7 Å². The number of ether oxygens (including phenoxy) is 1. The number of rotatable bonds is 4. The average molecular weight is 397 g/mol. The largest absolute Gasteiger partial charge is 0.479 e. The molecule has 8 nitrogen and oxygen atoms in total. The number of aryl methyl sites for hydroxylation is 1. The number of fused-ring (bicyclic) bond motifs is 3. The van der Waals surface area contributed by atoms with Crippen LogP contribution in [0.2, 0.25) is 0 Å². The maximum atomic E-state index is 12.6. The van der Waals surface area contributed by atoms with Crippen LogP contribution in [0.15, 0.2) is 35.9 Å². The van der Waals surface area contributed by atoms with Crippen LogP contribution >= 0.6 is 0 Å². The Labute approximate surface area is 167 Å². The lowest BCUT2D eigenvalue weighted by Crippen LogP contribution is -2.39. The van der Waals surface area contributed by atoms with Gasteiger partial charge in [0.1, 0.15) is 5.75 Å². The molecule has 3 N–H and O–H groups in total. The summed E-state index contributed by atoms with van der Waals surface area (Å²) < 4.78 is 7.65. The molecule has 152 valence electrons. The van der Waals surface area contributed by atoms with Crippen molar-refractivity contribution in [1.82, 2.24) is 14.9 Å². The highest BCUT2D eigenvalue weighted by Gasteiger charge is 2.37. The van der Waals surface area contributed by atoms with E-state index in [1.54, 1.807) is 19.1 Å². The summed E-state index contributed by atoms with van der Waals surface area (Å²) in [5.74, 6) is -1.99. The van der Waals surface area contributed by atoms with Gasteiger partial charge in [0.15, 0.2) is 6.04 Å². The summed E-state index contributed by atoms with van der Waals surface area (Å²) in [5, 5.41) is 25.1. The van der Waals surface area contributed by atoms with E-state index in [1.807, 2.05) is 30.7 Å². The van der Waals surface area contributed by atoms with Crippen molar-refractivity contribution in [2.45, 2.75) is 26.4 Å². The maximum Gasteiger partial charge on any atom is 0.332 e. The second-order valence-corrected chi connectivity index (χ2v) is 7.32. The highest BCUT2D eigenvalue weighted by Crippen LogP contribution is 2.42. The van der Waals surface area contributed by atoms with Crippen molar-refractivity contribution >= 4 is 28.5 Å². The number of hydrogen-bond acceptors (Lipinski definition) is 6. The van der Waals surface area contributed by atoms with E-state index >= 15 is 0 Å². The highest BCUT2D eigenvalue weighted by atomic mass is 16.5. The molecule has 3 heterocycles. The number of aromatic nitrogens is 1. The molecule has 2 aliphatic heterocycles. The number of carbonyl (C=O) groups excluding carboxylic acids is 1. The number of nitrogens with zero attached hydrogens (tertiary/aromatic N) is 2. The van der Waals surface area contributed by atoms with Gasteiger partial charge in [0.2, 0.25) is 0 Å². The Hall–Kier alpha value is -3.10. The van der Waals surface area contributed by atoms with E-state index in [9.17, 15) is 19.9 Å². The number of hydroxylamine groups is 2. The van der Waals surface area contributed by atoms with Gasteiger partial charge in [-0.25, -0.2) is 9.86 Å². The minimum atomic E-state index is -1.24. The molecule has 2 aliphatic rings. The van der Waals surface area contributed by atoms with Crippen molar-refractivity contribution in [2.75, 3.05) is 6.54 Å². The molecule has 0 aliphatic carbocycles. The normalized spacial score (nSPS) is 21.1. The lowest BCUT2D eigenvalue weighted by molar-refractivity contribution is -0.151. The fourth-order valence-electron chi connectivity index (χ4n) is 3.88. The number of hydrogen-bond donors (Lipinski definition) is 3. The lowest BCUT2D eigenvalue weighted by Gasteiger charge is -2.30. The van der Waals surface area contributed by atoms with Crippen LogP contribution in [-0.2, 0) is 23.2 Å². The quantitative estimate of drug-likeness (QED) is 0.537. The first-order valence-corrected chi connectivity index (χ1v) is 9.51. The van der Waals surface area contributed by atoms with Crippen LogP contribution in [0.25, 0.3) is 16.6 Å². The molecular formula is C21H23N3O5. The molecule has 4 rings (SSSR count). The van der Waals surface area contributed by atoms with Gasteiger partial charge in [-0.2, -0.15) is 0 Å². The van der Waals surface area contributed by atoms with Gasteiger partial charge in [-0.05, 0) is 37.3 Å². The Morgan fingerprint density at radius 3 is 2.76 bits per heavy atom. The van der Waals surface area contributed by atoms with Gasteiger partial charge in [-0.3, -0.25) is 10.0 Å². The molecule has 0 saturated carbocycles. The summed E-state index contributed by atoms with van der Waals surface area (Å²) >= 11 is 0. The second kappa shape index (κ2) is 7.06. The van der Waals surface area contributed by atoms with Crippen molar-refractivity contribution in [3.05, 3.63) is 47.2 Å². The van der Waals surface area contributed by atoms with E-state index in [-0.39, 0.29) is 5.70 Å². The van der Waals surface area contributed by atoms with Crippen molar-refractivity contribution in [3.63, 3.8) is 0 Å². The monoisotopic (exact) mass is 397 g/mol. The number of nitrogens with one attached hydrogen (secondary N) is 1. The van der Waals surface area contributed by atoms with E-state index < -0.39 is 23.9 Å². The minimum absolute atomic E-state index is 0.284. The van der Waals surface area contributed by atoms with Gasteiger partial charge in [0.25, 0.3) is 0 Å². The number of allylic oxidation sites excluding steroid dienone is 1. The number of aliphatic carboxylic acids is 1. The van der Waals surface area contributed by atoms with Crippen LogP contribution in [0.1, 0.15) is 25.1 Å². The van der Waals surface area contributed by atoms with Crippen molar-refractivity contribution < 1.29 is 24.6 Å². The molecule has 1 aromatic carbocycles. The zero-order valence-electron chi connectivity index (χ0n) is 16.5. The van der Waals surface area contributed by atoms with Crippen LogP contribution in [0.4, 0.5) is 0 Å². The van der Waals surface area contributed by atoms with E-state index in [0.717, 1.165) is 23.1 Å². The molecule has 0 radical (unpaired) electrons. The molecule has 8 heteroatoms. The third-order valence-corrected chi connectivity index (χ3v) is 5.56. The standard InChI is InChI=1S/C21H23N3O5/c1-4-22-10-13-7-12-8-15-18(9-17(12)23(13)3)29-21(27)11(2)14-5-6-16(20(25)26)24(28)19(14)15/h5-9,11,16,22,28H,4,10H2,1-3H3,(H,25,26). The molecule has 0 fully saturated rings. The van der Waals surface area contributed by atoms with Crippen LogP contribution < -0.4 is 10.1 Å². The summed E-state index contributed by atoms with van der Waals surface area (Å²) in [6.45, 7) is 5.24. The Balaban J connectivity index is 1.93. The summed E-state index contributed by atoms with van der Waals surface area (Å²) in [6.07, 6.45) is 2.96. The van der Waals surface area contributed by atoms with Gasteiger partial charge >= 0.3 is 11.9 Å². The number of benzene rings is 1.